The minimum atomic E-state index is -4.12. The first kappa shape index (κ1) is 20.1. The molecule has 0 spiro atoms. The van der Waals surface area contributed by atoms with Crippen molar-refractivity contribution in [3.63, 3.8) is 0 Å². The zero-order chi connectivity index (χ0) is 21.5. The number of nitrogens with zero attached hydrogens (tertiary/aromatic N) is 2. The van der Waals surface area contributed by atoms with Crippen LogP contribution in [0, 0.1) is 13.8 Å². The number of carbonyl (C=O) groups excluding carboxylic acids is 1. The summed E-state index contributed by atoms with van der Waals surface area (Å²) in [5, 5.41) is 1.24. The highest BCUT2D eigenvalue weighted by molar-refractivity contribution is 7.90. The van der Waals surface area contributed by atoms with Crippen molar-refractivity contribution in [3.05, 3.63) is 88.8 Å². The van der Waals surface area contributed by atoms with Gasteiger partial charge in [-0.15, -0.1) is 0 Å². The molecule has 6 nitrogen and oxygen atoms in total. The van der Waals surface area contributed by atoms with Crippen LogP contribution in [0.25, 0.3) is 16.6 Å². The molecule has 8 heteroatoms. The molecule has 152 valence electrons. The van der Waals surface area contributed by atoms with Crippen LogP contribution in [0.15, 0.2) is 71.8 Å². The quantitative estimate of drug-likeness (QED) is 0.510. The van der Waals surface area contributed by atoms with Gasteiger partial charge in [0.2, 0.25) is 0 Å². The van der Waals surface area contributed by atoms with Crippen molar-refractivity contribution in [2.75, 3.05) is 0 Å². The number of para-hydroxylation sites is 1. The first-order chi connectivity index (χ1) is 14.3. The molecular formula is C22H18ClN3O3S. The van der Waals surface area contributed by atoms with E-state index in [0.29, 0.717) is 21.6 Å². The summed E-state index contributed by atoms with van der Waals surface area (Å²) in [6.07, 6.45) is 1.52. The van der Waals surface area contributed by atoms with Gasteiger partial charge in [-0.1, -0.05) is 35.9 Å². The summed E-state index contributed by atoms with van der Waals surface area (Å²) in [5.41, 5.74) is 2.76. The number of hydrogen-bond acceptors (Lipinski definition) is 4. The maximum atomic E-state index is 13.0. The lowest BCUT2D eigenvalue weighted by Gasteiger charge is -2.11. The lowest BCUT2D eigenvalue weighted by Crippen LogP contribution is -2.31. The van der Waals surface area contributed by atoms with E-state index in [-0.39, 0.29) is 10.5 Å². The molecule has 2 heterocycles. The number of benzene rings is 2. The molecule has 1 N–H and O–H groups in total. The van der Waals surface area contributed by atoms with E-state index in [1.165, 1.54) is 12.3 Å². The van der Waals surface area contributed by atoms with Gasteiger partial charge in [-0.25, -0.2) is 13.1 Å². The average molecular weight is 440 g/mol. The Balaban J connectivity index is 1.71. The molecule has 0 fully saturated rings. The number of rotatable bonds is 4. The van der Waals surface area contributed by atoms with E-state index in [1.54, 1.807) is 49.4 Å². The van der Waals surface area contributed by atoms with Gasteiger partial charge in [0.15, 0.2) is 0 Å². The third-order valence-corrected chi connectivity index (χ3v) is 6.45. The lowest BCUT2D eigenvalue weighted by molar-refractivity contribution is 0.0981. The van der Waals surface area contributed by atoms with Crippen molar-refractivity contribution in [1.29, 1.82) is 0 Å². The van der Waals surface area contributed by atoms with Crippen LogP contribution in [0.3, 0.4) is 0 Å². The highest BCUT2D eigenvalue weighted by atomic mass is 35.5. The molecule has 0 atom stereocenters. The minimum absolute atomic E-state index is 0.0439. The van der Waals surface area contributed by atoms with Crippen LogP contribution in [-0.4, -0.2) is 23.9 Å². The number of aryl methyl sites for hydroxylation is 1. The number of halogens is 1. The van der Waals surface area contributed by atoms with E-state index in [0.717, 1.165) is 11.4 Å². The predicted octanol–water partition coefficient (Wildman–Crippen LogP) is 4.41. The highest BCUT2D eigenvalue weighted by Crippen LogP contribution is 2.24. The largest absolute Gasteiger partial charge is 0.318 e. The van der Waals surface area contributed by atoms with Crippen molar-refractivity contribution in [2.45, 2.75) is 18.7 Å². The fraction of sp³-hybridized carbons (Fsp3) is 0.0909. The molecule has 4 aromatic rings. The molecule has 0 bridgehead atoms. The Hall–Kier alpha value is -3.16. The highest BCUT2D eigenvalue weighted by Gasteiger charge is 2.24. The average Bonchev–Trinajstić information content (AvgIpc) is 3.01. The minimum Gasteiger partial charge on any atom is -0.318 e. The maximum Gasteiger partial charge on any atom is 0.266 e. The standard InChI is InChI=1S/C22H18ClN3O3S/c1-14-12-19(15(2)26(14)18-9-4-8-17(23)13-18)22(27)25-30(28,29)20-10-3-6-16-7-5-11-24-21(16)20/h3-13H,1-2H3,(H,25,27). The van der Waals surface area contributed by atoms with Crippen LogP contribution in [0.2, 0.25) is 5.02 Å². The number of hydrogen-bond donors (Lipinski definition) is 1. The van der Waals surface area contributed by atoms with E-state index in [9.17, 15) is 13.2 Å². The molecule has 2 aromatic heterocycles. The second kappa shape index (κ2) is 7.59. The zero-order valence-electron chi connectivity index (χ0n) is 16.3. The molecular weight excluding hydrogens is 422 g/mol. The van der Waals surface area contributed by atoms with Gasteiger partial charge in [0.1, 0.15) is 4.90 Å². The van der Waals surface area contributed by atoms with Crippen LogP contribution in [0.5, 0.6) is 0 Å². The van der Waals surface area contributed by atoms with Crippen molar-refractivity contribution < 1.29 is 13.2 Å². The Bertz CT molecular complexity index is 1390. The number of sulfonamides is 1. The summed E-state index contributed by atoms with van der Waals surface area (Å²) in [7, 11) is -4.12. The first-order valence-electron chi connectivity index (χ1n) is 9.14. The van der Waals surface area contributed by atoms with E-state index in [4.69, 9.17) is 11.6 Å². The van der Waals surface area contributed by atoms with E-state index >= 15 is 0 Å². The summed E-state index contributed by atoms with van der Waals surface area (Å²) in [6.45, 7) is 3.60. The number of fused-ring (bicyclic) bond motifs is 1. The monoisotopic (exact) mass is 439 g/mol. The van der Waals surface area contributed by atoms with Crippen molar-refractivity contribution in [3.8, 4) is 5.69 Å². The third kappa shape index (κ3) is 3.58. The summed E-state index contributed by atoms with van der Waals surface area (Å²) < 4.78 is 29.9. The van der Waals surface area contributed by atoms with Gasteiger partial charge in [-0.3, -0.25) is 9.78 Å². The molecule has 0 aliphatic heterocycles. The molecule has 0 aliphatic carbocycles. The lowest BCUT2D eigenvalue weighted by atomic mass is 10.2. The van der Waals surface area contributed by atoms with Crippen LogP contribution in [-0.2, 0) is 10.0 Å². The normalized spacial score (nSPS) is 11.6. The predicted molar refractivity (Wildman–Crippen MR) is 117 cm³/mol. The van der Waals surface area contributed by atoms with E-state index < -0.39 is 15.9 Å². The second-order valence-corrected chi connectivity index (χ2v) is 8.95. The summed E-state index contributed by atoms with van der Waals surface area (Å²) >= 11 is 6.09. The van der Waals surface area contributed by atoms with E-state index in [1.807, 2.05) is 23.6 Å². The Morgan fingerprint density at radius 3 is 2.53 bits per heavy atom. The number of aromatic nitrogens is 2. The maximum absolute atomic E-state index is 13.0. The van der Waals surface area contributed by atoms with E-state index in [2.05, 4.69) is 9.71 Å². The first-order valence-corrected chi connectivity index (χ1v) is 11.0. The SMILES string of the molecule is Cc1cc(C(=O)NS(=O)(=O)c2cccc3cccnc23)c(C)n1-c1cccc(Cl)c1. The Morgan fingerprint density at radius 2 is 1.77 bits per heavy atom. The van der Waals surface area contributed by atoms with Gasteiger partial charge in [0, 0.05) is 33.7 Å². The number of carbonyl (C=O) groups is 1. The van der Waals surface area contributed by atoms with Gasteiger partial charge in [0.25, 0.3) is 15.9 Å². The van der Waals surface area contributed by atoms with Crippen molar-refractivity contribution in [1.82, 2.24) is 14.3 Å². The van der Waals surface area contributed by atoms with Crippen LogP contribution in [0.1, 0.15) is 21.7 Å². The molecule has 0 saturated carbocycles. The van der Waals surface area contributed by atoms with Gasteiger partial charge < -0.3 is 4.57 Å². The van der Waals surface area contributed by atoms with Crippen molar-refractivity contribution in [2.24, 2.45) is 0 Å². The topological polar surface area (TPSA) is 81.1 Å². The molecule has 2 aromatic carbocycles. The Labute approximate surface area is 179 Å². The molecule has 0 saturated heterocycles. The molecule has 1 amide bonds. The van der Waals surface area contributed by atoms with Crippen molar-refractivity contribution >= 4 is 38.4 Å². The Kier molecular flexibility index (Phi) is 5.09. The second-order valence-electron chi connectivity index (χ2n) is 6.87. The van der Waals surface area contributed by atoms with Gasteiger partial charge in [0.05, 0.1) is 11.1 Å². The smallest absolute Gasteiger partial charge is 0.266 e. The van der Waals surface area contributed by atoms with Crippen LogP contribution in [0.4, 0.5) is 0 Å². The molecule has 30 heavy (non-hydrogen) atoms. The fourth-order valence-electron chi connectivity index (χ4n) is 3.53. The van der Waals surface area contributed by atoms with Crippen LogP contribution >= 0.6 is 11.6 Å². The third-order valence-electron chi connectivity index (χ3n) is 4.85. The van der Waals surface area contributed by atoms with Gasteiger partial charge in [-0.05, 0) is 50.2 Å². The molecule has 0 radical (unpaired) electrons. The Morgan fingerprint density at radius 1 is 1.03 bits per heavy atom. The fourth-order valence-corrected chi connectivity index (χ4v) is 4.86. The number of amides is 1. The molecule has 0 unspecified atom stereocenters. The number of nitrogens with one attached hydrogen (secondary N) is 1. The molecule has 4 rings (SSSR count). The van der Waals surface area contributed by atoms with Crippen LogP contribution < -0.4 is 4.72 Å². The zero-order valence-corrected chi connectivity index (χ0v) is 17.8. The number of pyridine rings is 1. The summed E-state index contributed by atoms with van der Waals surface area (Å²) in [6, 6.07) is 17.2. The van der Waals surface area contributed by atoms with Gasteiger partial charge >= 0.3 is 0 Å². The van der Waals surface area contributed by atoms with Gasteiger partial charge in [-0.2, -0.15) is 0 Å². The summed E-state index contributed by atoms with van der Waals surface area (Å²) in [4.78, 5) is 17.0. The summed E-state index contributed by atoms with van der Waals surface area (Å²) in [5.74, 6) is -0.704. The molecule has 0 aliphatic rings.